The molecule has 0 aromatic carbocycles. The molecule has 1 aliphatic heterocycles. The third kappa shape index (κ3) is 1.94. The van der Waals surface area contributed by atoms with Crippen LogP contribution in [0.1, 0.15) is 64.7 Å². The van der Waals surface area contributed by atoms with Crippen LogP contribution in [0.4, 0.5) is 0 Å². The van der Waals surface area contributed by atoms with Crippen molar-refractivity contribution in [3.63, 3.8) is 0 Å². The normalized spacial score (nSPS) is 45.5. The van der Waals surface area contributed by atoms with Gasteiger partial charge in [-0.05, 0) is 56.8 Å². The lowest BCUT2D eigenvalue weighted by atomic mass is 9.60. The van der Waals surface area contributed by atoms with E-state index >= 15 is 0 Å². The van der Waals surface area contributed by atoms with Crippen LogP contribution in [0, 0.1) is 11.8 Å². The van der Waals surface area contributed by atoms with E-state index in [9.17, 15) is 0 Å². The van der Waals surface area contributed by atoms with Crippen LogP contribution in [0.2, 0.25) is 0 Å². The summed E-state index contributed by atoms with van der Waals surface area (Å²) < 4.78 is 6.05. The molecule has 2 heteroatoms. The first-order valence-electron chi connectivity index (χ1n) is 7.58. The molecule has 1 saturated heterocycles. The summed E-state index contributed by atoms with van der Waals surface area (Å²) >= 11 is 0. The standard InChI is InChI=1S/C15H27NO/c1-12-5-2-3-9-15(12,16)13-6-10-17-14(11-13)7-4-8-14/h12-13H,2-11,16H2,1H3. The molecule has 2 saturated carbocycles. The average molecular weight is 237 g/mol. The van der Waals surface area contributed by atoms with Gasteiger partial charge in [-0.2, -0.15) is 0 Å². The maximum absolute atomic E-state index is 6.82. The minimum Gasteiger partial charge on any atom is -0.375 e. The van der Waals surface area contributed by atoms with Crippen LogP contribution >= 0.6 is 0 Å². The largest absolute Gasteiger partial charge is 0.375 e. The number of hydrogen-bond donors (Lipinski definition) is 1. The fraction of sp³-hybridized carbons (Fsp3) is 1.00. The first kappa shape index (κ1) is 12.0. The molecule has 3 aliphatic rings. The highest BCUT2D eigenvalue weighted by molar-refractivity contribution is 5.04. The van der Waals surface area contributed by atoms with E-state index in [4.69, 9.17) is 10.5 Å². The highest BCUT2D eigenvalue weighted by Crippen LogP contribution is 2.50. The molecule has 17 heavy (non-hydrogen) atoms. The van der Waals surface area contributed by atoms with Crippen molar-refractivity contribution in [3.8, 4) is 0 Å². The van der Waals surface area contributed by atoms with Gasteiger partial charge in [0.05, 0.1) is 5.60 Å². The van der Waals surface area contributed by atoms with Crippen LogP contribution in [0.25, 0.3) is 0 Å². The number of nitrogens with two attached hydrogens (primary N) is 1. The first-order chi connectivity index (χ1) is 8.15. The summed E-state index contributed by atoms with van der Waals surface area (Å²) in [7, 11) is 0. The van der Waals surface area contributed by atoms with Crippen molar-refractivity contribution in [2.45, 2.75) is 75.9 Å². The highest BCUT2D eigenvalue weighted by atomic mass is 16.5. The lowest BCUT2D eigenvalue weighted by Gasteiger charge is -2.54. The van der Waals surface area contributed by atoms with Crippen molar-refractivity contribution >= 4 is 0 Å². The van der Waals surface area contributed by atoms with Gasteiger partial charge in [0.15, 0.2) is 0 Å². The maximum atomic E-state index is 6.82. The predicted octanol–water partition coefficient (Wildman–Crippen LogP) is 3.24. The van der Waals surface area contributed by atoms with Gasteiger partial charge >= 0.3 is 0 Å². The minimum absolute atomic E-state index is 0.116. The second kappa shape index (κ2) is 4.24. The molecule has 2 nitrogen and oxygen atoms in total. The van der Waals surface area contributed by atoms with Crippen LogP contribution in [-0.2, 0) is 4.74 Å². The molecule has 3 atom stereocenters. The number of rotatable bonds is 1. The van der Waals surface area contributed by atoms with E-state index in [1.807, 2.05) is 0 Å². The van der Waals surface area contributed by atoms with Gasteiger partial charge in [0.25, 0.3) is 0 Å². The molecule has 98 valence electrons. The van der Waals surface area contributed by atoms with Crippen molar-refractivity contribution < 1.29 is 4.74 Å². The van der Waals surface area contributed by atoms with Crippen molar-refractivity contribution in [1.29, 1.82) is 0 Å². The topological polar surface area (TPSA) is 35.2 Å². The highest BCUT2D eigenvalue weighted by Gasteiger charge is 2.49. The fourth-order valence-corrected chi connectivity index (χ4v) is 4.41. The summed E-state index contributed by atoms with van der Waals surface area (Å²) in [6.45, 7) is 3.33. The molecular weight excluding hydrogens is 210 g/mol. The third-order valence-corrected chi connectivity index (χ3v) is 5.93. The molecule has 2 aliphatic carbocycles. The van der Waals surface area contributed by atoms with Crippen LogP contribution in [0.15, 0.2) is 0 Å². The fourth-order valence-electron chi connectivity index (χ4n) is 4.41. The van der Waals surface area contributed by atoms with Crippen LogP contribution in [0.3, 0.4) is 0 Å². The van der Waals surface area contributed by atoms with Gasteiger partial charge in [-0.15, -0.1) is 0 Å². The molecule has 0 aromatic heterocycles. The summed E-state index contributed by atoms with van der Waals surface area (Å²) in [5, 5.41) is 0. The zero-order chi connectivity index (χ0) is 11.9. The van der Waals surface area contributed by atoms with Gasteiger partial charge in [-0.25, -0.2) is 0 Å². The molecule has 0 amide bonds. The molecule has 0 radical (unpaired) electrons. The molecule has 0 aromatic rings. The lowest BCUT2D eigenvalue weighted by Crippen LogP contribution is -2.59. The molecule has 3 unspecified atom stereocenters. The second-order valence-corrected chi connectivity index (χ2v) is 6.83. The molecule has 1 heterocycles. The Labute approximate surface area is 105 Å². The Hall–Kier alpha value is -0.0800. The van der Waals surface area contributed by atoms with E-state index in [2.05, 4.69) is 6.92 Å². The Balaban J connectivity index is 1.73. The first-order valence-corrected chi connectivity index (χ1v) is 7.58. The molecular formula is C15H27NO. The molecule has 2 N–H and O–H groups in total. The number of hydrogen-bond acceptors (Lipinski definition) is 2. The summed E-state index contributed by atoms with van der Waals surface area (Å²) in [6, 6.07) is 0. The molecule has 3 rings (SSSR count). The van der Waals surface area contributed by atoms with E-state index in [1.165, 1.54) is 57.8 Å². The van der Waals surface area contributed by atoms with Gasteiger partial charge in [-0.1, -0.05) is 19.8 Å². The summed E-state index contributed by atoms with van der Waals surface area (Å²) in [5.41, 5.74) is 7.19. The van der Waals surface area contributed by atoms with Gasteiger partial charge in [0.1, 0.15) is 0 Å². The van der Waals surface area contributed by atoms with Crippen molar-refractivity contribution in [2.75, 3.05) is 6.61 Å². The second-order valence-electron chi connectivity index (χ2n) is 6.83. The van der Waals surface area contributed by atoms with Crippen LogP contribution in [-0.4, -0.2) is 17.7 Å². The van der Waals surface area contributed by atoms with E-state index in [0.717, 1.165) is 6.61 Å². The Morgan fingerprint density at radius 3 is 2.53 bits per heavy atom. The monoisotopic (exact) mass is 237 g/mol. The predicted molar refractivity (Wildman–Crippen MR) is 69.8 cm³/mol. The summed E-state index contributed by atoms with van der Waals surface area (Å²) in [5.74, 6) is 1.42. The Morgan fingerprint density at radius 1 is 1.06 bits per heavy atom. The lowest BCUT2D eigenvalue weighted by molar-refractivity contribution is -0.157. The summed E-state index contributed by atoms with van der Waals surface area (Å²) in [6.07, 6.45) is 11.7. The maximum Gasteiger partial charge on any atom is 0.0686 e. The smallest absolute Gasteiger partial charge is 0.0686 e. The average Bonchev–Trinajstić information content (AvgIpc) is 2.31. The van der Waals surface area contributed by atoms with Crippen LogP contribution in [0.5, 0.6) is 0 Å². The Bertz CT molecular complexity index is 287. The van der Waals surface area contributed by atoms with E-state index < -0.39 is 0 Å². The van der Waals surface area contributed by atoms with Gasteiger partial charge in [0.2, 0.25) is 0 Å². The van der Waals surface area contributed by atoms with Gasteiger partial charge in [-0.3, -0.25) is 0 Å². The Kier molecular flexibility index (Phi) is 2.99. The zero-order valence-electron chi connectivity index (χ0n) is 11.2. The van der Waals surface area contributed by atoms with Crippen molar-refractivity contribution in [1.82, 2.24) is 0 Å². The van der Waals surface area contributed by atoms with E-state index in [-0.39, 0.29) is 11.1 Å². The Morgan fingerprint density at radius 2 is 1.88 bits per heavy atom. The van der Waals surface area contributed by atoms with Gasteiger partial charge < -0.3 is 10.5 Å². The molecule has 3 fully saturated rings. The van der Waals surface area contributed by atoms with Gasteiger partial charge in [0, 0.05) is 12.1 Å². The third-order valence-electron chi connectivity index (χ3n) is 5.93. The summed E-state index contributed by atoms with van der Waals surface area (Å²) in [4.78, 5) is 0. The van der Waals surface area contributed by atoms with Crippen molar-refractivity contribution in [3.05, 3.63) is 0 Å². The zero-order valence-corrected chi connectivity index (χ0v) is 11.2. The quantitative estimate of drug-likeness (QED) is 0.760. The van der Waals surface area contributed by atoms with Crippen molar-refractivity contribution in [2.24, 2.45) is 17.6 Å². The van der Waals surface area contributed by atoms with E-state index in [1.54, 1.807) is 0 Å². The van der Waals surface area contributed by atoms with Crippen LogP contribution < -0.4 is 5.73 Å². The SMILES string of the molecule is CC1CCCCC1(N)C1CCOC2(CCC2)C1. The number of ether oxygens (including phenoxy) is 1. The van der Waals surface area contributed by atoms with E-state index in [0.29, 0.717) is 11.8 Å². The molecule has 0 bridgehead atoms. The minimum atomic E-state index is 0.116. The molecule has 1 spiro atoms.